The number of hydrogen-bond donors (Lipinski definition) is 1. The Kier molecular flexibility index (Phi) is 5.36. The molecule has 2 aromatic carbocycles. The van der Waals surface area contributed by atoms with Gasteiger partial charge in [-0.2, -0.15) is 8.42 Å². The van der Waals surface area contributed by atoms with Crippen LogP contribution in [0.5, 0.6) is 0 Å². The van der Waals surface area contributed by atoms with E-state index in [9.17, 15) is 13.2 Å². The van der Waals surface area contributed by atoms with Crippen LogP contribution in [0.15, 0.2) is 63.9 Å². The highest BCUT2D eigenvalue weighted by molar-refractivity contribution is 7.90. The van der Waals surface area contributed by atoms with Gasteiger partial charge in [0.25, 0.3) is 10.0 Å². The van der Waals surface area contributed by atoms with Gasteiger partial charge in [-0.25, -0.2) is 0 Å². The molecule has 2 aromatic rings. The fourth-order valence-corrected chi connectivity index (χ4v) is 4.84. The lowest BCUT2D eigenvalue weighted by molar-refractivity contribution is -0.125. The van der Waals surface area contributed by atoms with Crippen LogP contribution < -0.4 is 5.32 Å². The predicted molar refractivity (Wildman–Crippen MR) is 111 cm³/mol. The van der Waals surface area contributed by atoms with Crippen molar-refractivity contribution in [3.8, 4) is 11.8 Å². The summed E-state index contributed by atoms with van der Waals surface area (Å²) in [5.41, 5.74) is 1.56. The molecule has 0 aliphatic carbocycles. The fourth-order valence-electron chi connectivity index (χ4n) is 3.61. The van der Waals surface area contributed by atoms with E-state index in [4.69, 9.17) is 0 Å². The number of carbonyl (C=O) groups excluding carboxylic acids is 1. The fraction of sp³-hybridized carbons (Fsp3) is 0.273. The van der Waals surface area contributed by atoms with Crippen LogP contribution in [-0.2, 0) is 14.8 Å². The highest BCUT2D eigenvalue weighted by atomic mass is 32.2. The SMILES string of the molecule is O=C(NCC#Cc1ccccc1)C1CCN(C2=NS(=O)(=O)c3ccccc32)CC1. The first-order valence-corrected chi connectivity index (χ1v) is 11.0. The summed E-state index contributed by atoms with van der Waals surface area (Å²) in [6.45, 7) is 1.50. The van der Waals surface area contributed by atoms with Gasteiger partial charge >= 0.3 is 0 Å². The summed E-state index contributed by atoms with van der Waals surface area (Å²) >= 11 is 0. The Hall–Kier alpha value is -3.11. The number of likely N-dealkylation sites (tertiary alicyclic amines) is 1. The van der Waals surface area contributed by atoms with E-state index < -0.39 is 10.0 Å². The van der Waals surface area contributed by atoms with E-state index in [0.29, 0.717) is 43.9 Å². The number of carbonyl (C=O) groups is 1. The minimum absolute atomic E-state index is 0.00612. The first-order chi connectivity index (χ1) is 14.0. The van der Waals surface area contributed by atoms with E-state index in [0.717, 1.165) is 5.56 Å². The lowest BCUT2D eigenvalue weighted by Crippen LogP contribution is -2.43. The number of benzene rings is 2. The molecule has 148 valence electrons. The molecule has 1 fully saturated rings. The van der Waals surface area contributed by atoms with E-state index in [1.54, 1.807) is 18.2 Å². The average molecular weight is 407 g/mol. The van der Waals surface area contributed by atoms with Crippen LogP contribution in [0.1, 0.15) is 24.0 Å². The summed E-state index contributed by atoms with van der Waals surface area (Å²) in [5.74, 6) is 6.37. The number of hydrogen-bond acceptors (Lipinski definition) is 4. The second kappa shape index (κ2) is 8.10. The minimum Gasteiger partial charge on any atom is -0.355 e. The van der Waals surface area contributed by atoms with Gasteiger partial charge in [-0.1, -0.05) is 42.2 Å². The summed E-state index contributed by atoms with van der Waals surface area (Å²) in [6.07, 6.45) is 1.30. The van der Waals surface area contributed by atoms with Crippen molar-refractivity contribution >= 4 is 21.8 Å². The predicted octanol–water partition coefficient (Wildman–Crippen LogP) is 2.02. The van der Waals surface area contributed by atoms with E-state index in [1.165, 1.54) is 0 Å². The zero-order valence-corrected chi connectivity index (χ0v) is 16.7. The van der Waals surface area contributed by atoms with Gasteiger partial charge in [0.15, 0.2) is 5.84 Å². The summed E-state index contributed by atoms with van der Waals surface area (Å²) in [5, 5.41) is 2.88. The zero-order valence-electron chi connectivity index (χ0n) is 15.8. The Labute approximate surface area is 170 Å². The smallest absolute Gasteiger partial charge is 0.285 e. The van der Waals surface area contributed by atoms with Gasteiger partial charge in [0.1, 0.15) is 4.90 Å². The molecule has 6 nitrogen and oxygen atoms in total. The lowest BCUT2D eigenvalue weighted by atomic mass is 9.95. The van der Waals surface area contributed by atoms with E-state index in [1.807, 2.05) is 41.3 Å². The second-order valence-electron chi connectivity index (χ2n) is 7.03. The van der Waals surface area contributed by atoms with Crippen LogP contribution >= 0.6 is 0 Å². The zero-order chi connectivity index (χ0) is 20.3. The van der Waals surface area contributed by atoms with E-state index in [2.05, 4.69) is 21.6 Å². The standard InChI is InChI=1S/C22H21N3O3S/c26-22(23-14-6-9-17-7-2-1-3-8-17)18-12-15-25(16-13-18)21-19-10-4-5-11-20(19)29(27,28)24-21/h1-5,7-8,10-11,18H,12-16H2,(H,23,26). The van der Waals surface area contributed by atoms with Crippen LogP contribution in [0.25, 0.3) is 0 Å². The molecular weight excluding hydrogens is 386 g/mol. The second-order valence-corrected chi connectivity index (χ2v) is 8.61. The van der Waals surface area contributed by atoms with Crippen LogP contribution in [-0.4, -0.2) is 44.7 Å². The maximum absolute atomic E-state index is 12.4. The number of piperidine rings is 1. The molecule has 1 amide bonds. The summed E-state index contributed by atoms with van der Waals surface area (Å²) in [7, 11) is -3.62. The van der Waals surface area contributed by atoms with Crippen molar-refractivity contribution in [2.45, 2.75) is 17.7 Å². The maximum atomic E-state index is 12.4. The molecule has 0 unspecified atom stereocenters. The maximum Gasteiger partial charge on any atom is 0.285 e. The molecule has 2 aliphatic heterocycles. The van der Waals surface area contributed by atoms with Gasteiger partial charge in [0.05, 0.1) is 6.54 Å². The minimum atomic E-state index is -3.62. The summed E-state index contributed by atoms with van der Waals surface area (Å²) in [6, 6.07) is 16.5. The monoisotopic (exact) mass is 407 g/mol. The third-order valence-electron chi connectivity index (χ3n) is 5.14. The molecule has 0 aromatic heterocycles. The molecule has 0 spiro atoms. The Morgan fingerprint density at radius 1 is 1.07 bits per heavy atom. The largest absolute Gasteiger partial charge is 0.355 e. The highest BCUT2D eigenvalue weighted by Crippen LogP contribution is 2.29. The van der Waals surface area contributed by atoms with Gasteiger partial charge < -0.3 is 10.2 Å². The van der Waals surface area contributed by atoms with Gasteiger partial charge in [-0.05, 0) is 37.1 Å². The molecule has 2 aliphatic rings. The van der Waals surface area contributed by atoms with Gasteiger partial charge in [0.2, 0.25) is 5.91 Å². The van der Waals surface area contributed by atoms with E-state index >= 15 is 0 Å². The number of fused-ring (bicyclic) bond motifs is 1. The number of nitrogens with zero attached hydrogens (tertiary/aromatic N) is 2. The first-order valence-electron chi connectivity index (χ1n) is 9.55. The molecule has 4 rings (SSSR count). The normalized spacial score (nSPS) is 17.7. The summed E-state index contributed by atoms with van der Waals surface area (Å²) in [4.78, 5) is 14.6. The number of nitrogens with one attached hydrogen (secondary N) is 1. The van der Waals surface area contributed by atoms with Gasteiger partial charge in [-0.15, -0.1) is 4.40 Å². The topological polar surface area (TPSA) is 78.8 Å². The molecule has 7 heteroatoms. The molecule has 1 N–H and O–H groups in total. The quantitative estimate of drug-likeness (QED) is 0.773. The van der Waals surface area contributed by atoms with Crippen molar-refractivity contribution in [1.29, 1.82) is 0 Å². The molecule has 0 atom stereocenters. The molecule has 0 saturated carbocycles. The Morgan fingerprint density at radius 2 is 1.76 bits per heavy atom. The van der Waals surface area contributed by atoms with Crippen molar-refractivity contribution < 1.29 is 13.2 Å². The van der Waals surface area contributed by atoms with Crippen molar-refractivity contribution in [1.82, 2.24) is 10.2 Å². The third-order valence-corrected chi connectivity index (χ3v) is 6.46. The number of amidine groups is 1. The number of amides is 1. The van der Waals surface area contributed by atoms with Crippen molar-refractivity contribution in [2.75, 3.05) is 19.6 Å². The van der Waals surface area contributed by atoms with Gasteiger partial charge in [-0.3, -0.25) is 4.79 Å². The Balaban J connectivity index is 1.32. The first kappa shape index (κ1) is 19.2. The van der Waals surface area contributed by atoms with Crippen LogP contribution in [0.3, 0.4) is 0 Å². The number of sulfonamides is 1. The summed E-state index contributed by atoms with van der Waals surface area (Å²) < 4.78 is 28.4. The van der Waals surface area contributed by atoms with Crippen molar-refractivity contribution in [3.05, 3.63) is 65.7 Å². The number of rotatable bonds is 2. The molecule has 2 heterocycles. The molecule has 29 heavy (non-hydrogen) atoms. The van der Waals surface area contributed by atoms with Crippen molar-refractivity contribution in [3.63, 3.8) is 0 Å². The van der Waals surface area contributed by atoms with Crippen LogP contribution in [0.4, 0.5) is 0 Å². The molecular formula is C22H21N3O3S. The molecule has 1 saturated heterocycles. The molecule has 0 bridgehead atoms. The highest BCUT2D eigenvalue weighted by Gasteiger charge is 2.34. The van der Waals surface area contributed by atoms with E-state index in [-0.39, 0.29) is 16.7 Å². The molecule has 0 radical (unpaired) electrons. The van der Waals surface area contributed by atoms with Crippen LogP contribution in [0, 0.1) is 17.8 Å². The Bertz CT molecular complexity index is 1110. The lowest BCUT2D eigenvalue weighted by Gasteiger charge is -2.32. The van der Waals surface area contributed by atoms with Crippen LogP contribution in [0.2, 0.25) is 0 Å². The van der Waals surface area contributed by atoms with Crippen molar-refractivity contribution in [2.24, 2.45) is 10.3 Å². The third kappa shape index (κ3) is 4.17. The Morgan fingerprint density at radius 3 is 2.52 bits per heavy atom. The average Bonchev–Trinajstić information content (AvgIpc) is 3.03. The van der Waals surface area contributed by atoms with Gasteiger partial charge in [0, 0.05) is 30.1 Å².